The van der Waals surface area contributed by atoms with Gasteiger partial charge in [-0.15, -0.1) is 0 Å². The van der Waals surface area contributed by atoms with E-state index < -0.39 is 0 Å². The van der Waals surface area contributed by atoms with Crippen molar-refractivity contribution in [3.05, 3.63) is 23.8 Å². The third kappa shape index (κ3) is 2.50. The number of anilines is 1. The third-order valence-corrected chi connectivity index (χ3v) is 3.94. The average Bonchev–Trinajstić information content (AvgIpc) is 2.39. The number of Topliss-reactive ketones (excluding diaryl/α,β-unsaturated/α-hetero) is 1. The van der Waals surface area contributed by atoms with Crippen LogP contribution in [-0.4, -0.2) is 12.9 Å². The Labute approximate surface area is 108 Å². The maximum Gasteiger partial charge on any atom is 0.168 e. The first-order valence-corrected chi connectivity index (χ1v) is 6.60. The quantitative estimate of drug-likeness (QED) is 0.658. The Morgan fingerprint density at radius 1 is 1.28 bits per heavy atom. The molecule has 0 spiro atoms. The zero-order valence-corrected chi connectivity index (χ0v) is 11.1. The number of rotatable bonds is 3. The topological polar surface area (TPSA) is 52.3 Å². The summed E-state index contributed by atoms with van der Waals surface area (Å²) < 4.78 is 5.16. The number of carbonyl (C=O) groups is 1. The molecule has 0 amide bonds. The van der Waals surface area contributed by atoms with Crippen molar-refractivity contribution in [2.75, 3.05) is 12.8 Å². The van der Waals surface area contributed by atoms with Gasteiger partial charge in [0.2, 0.25) is 0 Å². The average molecular weight is 247 g/mol. The number of hydrogen-bond donors (Lipinski definition) is 1. The highest BCUT2D eigenvalue weighted by molar-refractivity contribution is 6.03. The Balaban J connectivity index is 2.18. The molecule has 0 aromatic heterocycles. The molecule has 0 bridgehead atoms. The van der Waals surface area contributed by atoms with E-state index in [-0.39, 0.29) is 11.7 Å². The molecule has 2 rings (SSSR count). The van der Waals surface area contributed by atoms with E-state index in [2.05, 4.69) is 6.92 Å². The minimum atomic E-state index is 0.135. The standard InChI is InChI=1S/C15H21NO2/c1-10-6-8-11(9-7-10)15(17)12-4-3-5-13(18-2)14(12)16/h3-5,10-11H,6-9,16H2,1-2H3. The van der Waals surface area contributed by atoms with E-state index in [1.54, 1.807) is 19.2 Å². The van der Waals surface area contributed by atoms with Crippen molar-refractivity contribution < 1.29 is 9.53 Å². The summed E-state index contributed by atoms with van der Waals surface area (Å²) >= 11 is 0. The van der Waals surface area contributed by atoms with Crippen molar-refractivity contribution in [1.82, 2.24) is 0 Å². The molecule has 3 nitrogen and oxygen atoms in total. The molecule has 1 aliphatic rings. The first kappa shape index (κ1) is 12.9. The number of nitrogen functional groups attached to an aromatic ring is 1. The molecule has 3 heteroatoms. The Morgan fingerprint density at radius 3 is 2.56 bits per heavy atom. The normalized spacial score (nSPS) is 23.7. The van der Waals surface area contributed by atoms with E-state index in [1.807, 2.05) is 6.07 Å². The molecule has 0 unspecified atom stereocenters. The number of hydrogen-bond acceptors (Lipinski definition) is 3. The van der Waals surface area contributed by atoms with Crippen LogP contribution in [0.2, 0.25) is 0 Å². The Morgan fingerprint density at radius 2 is 1.94 bits per heavy atom. The highest BCUT2D eigenvalue weighted by atomic mass is 16.5. The van der Waals surface area contributed by atoms with E-state index in [9.17, 15) is 4.79 Å². The second-order valence-corrected chi connectivity index (χ2v) is 5.24. The number of nitrogens with two attached hydrogens (primary N) is 1. The highest BCUT2D eigenvalue weighted by Gasteiger charge is 2.26. The maximum absolute atomic E-state index is 12.5. The number of benzene rings is 1. The van der Waals surface area contributed by atoms with Gasteiger partial charge in [0.25, 0.3) is 0 Å². The molecule has 0 saturated heterocycles. The van der Waals surface area contributed by atoms with E-state index in [1.165, 1.54) is 0 Å². The fourth-order valence-corrected chi connectivity index (χ4v) is 2.68. The predicted molar refractivity (Wildman–Crippen MR) is 72.9 cm³/mol. The van der Waals surface area contributed by atoms with Gasteiger partial charge < -0.3 is 10.5 Å². The third-order valence-electron chi connectivity index (χ3n) is 3.94. The minimum absolute atomic E-state index is 0.135. The molecule has 0 radical (unpaired) electrons. The summed E-state index contributed by atoms with van der Waals surface area (Å²) in [5.41, 5.74) is 7.08. The summed E-state index contributed by atoms with van der Waals surface area (Å²) in [4.78, 5) is 12.5. The smallest absolute Gasteiger partial charge is 0.168 e. The van der Waals surface area contributed by atoms with Gasteiger partial charge in [-0.3, -0.25) is 4.79 Å². The van der Waals surface area contributed by atoms with Crippen molar-refractivity contribution in [2.45, 2.75) is 32.6 Å². The van der Waals surface area contributed by atoms with Crippen LogP contribution >= 0.6 is 0 Å². The first-order valence-electron chi connectivity index (χ1n) is 6.60. The molecule has 0 atom stereocenters. The van der Waals surface area contributed by atoms with E-state index in [0.29, 0.717) is 17.0 Å². The Bertz CT molecular complexity index is 434. The number of ketones is 1. The fourth-order valence-electron chi connectivity index (χ4n) is 2.68. The van der Waals surface area contributed by atoms with Crippen LogP contribution in [0.5, 0.6) is 5.75 Å². The fraction of sp³-hybridized carbons (Fsp3) is 0.533. The van der Waals surface area contributed by atoms with E-state index >= 15 is 0 Å². The van der Waals surface area contributed by atoms with Crippen LogP contribution in [0.3, 0.4) is 0 Å². The van der Waals surface area contributed by atoms with Gasteiger partial charge in [-0.1, -0.05) is 25.8 Å². The second kappa shape index (κ2) is 5.42. The van der Waals surface area contributed by atoms with E-state index in [0.717, 1.165) is 31.6 Å². The number of carbonyl (C=O) groups excluding carboxylic acids is 1. The molecule has 0 heterocycles. The monoisotopic (exact) mass is 247 g/mol. The summed E-state index contributed by atoms with van der Waals surface area (Å²) in [7, 11) is 1.57. The van der Waals surface area contributed by atoms with Gasteiger partial charge in [0, 0.05) is 11.5 Å². The lowest BCUT2D eigenvalue weighted by Gasteiger charge is -2.25. The Hall–Kier alpha value is -1.51. The van der Waals surface area contributed by atoms with Crippen LogP contribution in [0, 0.1) is 11.8 Å². The van der Waals surface area contributed by atoms with Crippen LogP contribution in [0.15, 0.2) is 18.2 Å². The molecule has 1 aromatic carbocycles. The summed E-state index contributed by atoms with van der Waals surface area (Å²) in [6.45, 7) is 2.25. The summed E-state index contributed by atoms with van der Waals surface area (Å²) in [6.07, 6.45) is 4.24. The van der Waals surface area contributed by atoms with Gasteiger partial charge >= 0.3 is 0 Å². The van der Waals surface area contributed by atoms with Crippen molar-refractivity contribution >= 4 is 11.5 Å². The van der Waals surface area contributed by atoms with Crippen LogP contribution < -0.4 is 10.5 Å². The largest absolute Gasteiger partial charge is 0.495 e. The second-order valence-electron chi connectivity index (χ2n) is 5.24. The number of methoxy groups -OCH3 is 1. The van der Waals surface area contributed by atoms with Crippen molar-refractivity contribution in [1.29, 1.82) is 0 Å². The zero-order valence-electron chi connectivity index (χ0n) is 11.1. The molecular formula is C15H21NO2. The maximum atomic E-state index is 12.5. The minimum Gasteiger partial charge on any atom is -0.495 e. The van der Waals surface area contributed by atoms with Crippen molar-refractivity contribution in [3.63, 3.8) is 0 Å². The molecule has 1 aliphatic carbocycles. The van der Waals surface area contributed by atoms with Crippen molar-refractivity contribution in [2.24, 2.45) is 11.8 Å². The first-order chi connectivity index (χ1) is 8.63. The van der Waals surface area contributed by atoms with Gasteiger partial charge in [0.1, 0.15) is 5.75 Å². The van der Waals surface area contributed by atoms with E-state index in [4.69, 9.17) is 10.5 Å². The molecule has 1 fully saturated rings. The molecule has 0 aliphatic heterocycles. The van der Waals surface area contributed by atoms with Crippen LogP contribution in [-0.2, 0) is 0 Å². The van der Waals surface area contributed by atoms with Gasteiger partial charge in [0.15, 0.2) is 5.78 Å². The predicted octanol–water partition coefficient (Wildman–Crippen LogP) is 3.29. The van der Waals surface area contributed by atoms with Crippen LogP contribution in [0.4, 0.5) is 5.69 Å². The lowest BCUT2D eigenvalue weighted by Crippen LogP contribution is -2.21. The summed E-state index contributed by atoms with van der Waals surface area (Å²) in [6, 6.07) is 5.42. The lowest BCUT2D eigenvalue weighted by atomic mass is 9.79. The molecule has 98 valence electrons. The van der Waals surface area contributed by atoms with Gasteiger partial charge in [0.05, 0.1) is 12.8 Å². The Kier molecular flexibility index (Phi) is 3.90. The lowest BCUT2D eigenvalue weighted by molar-refractivity contribution is 0.0876. The van der Waals surface area contributed by atoms with Gasteiger partial charge in [-0.2, -0.15) is 0 Å². The molecule has 18 heavy (non-hydrogen) atoms. The molecular weight excluding hydrogens is 226 g/mol. The molecule has 1 aromatic rings. The highest BCUT2D eigenvalue weighted by Crippen LogP contribution is 2.33. The SMILES string of the molecule is COc1cccc(C(=O)C2CCC(C)CC2)c1N. The zero-order chi connectivity index (χ0) is 13.1. The van der Waals surface area contributed by atoms with Crippen molar-refractivity contribution in [3.8, 4) is 5.75 Å². The number of para-hydroxylation sites is 1. The van der Waals surface area contributed by atoms with Gasteiger partial charge in [-0.25, -0.2) is 0 Å². The summed E-state index contributed by atoms with van der Waals surface area (Å²) in [5, 5.41) is 0. The van der Waals surface area contributed by atoms with Crippen LogP contribution in [0.1, 0.15) is 43.0 Å². The van der Waals surface area contributed by atoms with Crippen LogP contribution in [0.25, 0.3) is 0 Å². The van der Waals surface area contributed by atoms with Gasteiger partial charge in [-0.05, 0) is 30.9 Å². The molecule has 1 saturated carbocycles. The number of ether oxygens (including phenoxy) is 1. The summed E-state index contributed by atoms with van der Waals surface area (Å²) in [5.74, 6) is 1.65. The molecule has 2 N–H and O–H groups in total.